The van der Waals surface area contributed by atoms with Gasteiger partial charge >= 0.3 is 5.97 Å². The summed E-state index contributed by atoms with van der Waals surface area (Å²) in [6, 6.07) is -0.631. The Morgan fingerprint density at radius 2 is 0.633 bits per heavy atom. The fourth-order valence-electron chi connectivity index (χ4n) is 11.2. The Morgan fingerprint density at radius 3 is 0.962 bits per heavy atom. The first-order valence-corrected chi connectivity index (χ1v) is 35.8. The first-order valence-electron chi connectivity index (χ1n) is 35.8. The number of rotatable bonds is 67. The molecule has 466 valence electrons. The maximum Gasteiger partial charge on any atom is 0.305 e. The molecule has 0 bridgehead atoms. The van der Waals surface area contributed by atoms with Gasteiger partial charge in [-0.2, -0.15) is 0 Å². The molecule has 3 N–H and O–H groups in total. The lowest BCUT2D eigenvalue weighted by Gasteiger charge is -2.20. The second-order valence-electron chi connectivity index (χ2n) is 24.6. The predicted octanol–water partition coefficient (Wildman–Crippen LogP) is 23.1. The second-order valence-corrected chi connectivity index (χ2v) is 24.6. The van der Waals surface area contributed by atoms with Crippen molar-refractivity contribution in [2.75, 3.05) is 13.2 Å². The summed E-state index contributed by atoms with van der Waals surface area (Å²) >= 11 is 0. The average Bonchev–Trinajstić information content (AvgIpc) is 3.45. The molecule has 0 saturated heterocycles. The molecule has 0 saturated carbocycles. The van der Waals surface area contributed by atoms with E-state index in [4.69, 9.17) is 4.74 Å². The van der Waals surface area contributed by atoms with Crippen LogP contribution in [0.4, 0.5) is 0 Å². The van der Waals surface area contributed by atoms with Gasteiger partial charge in [0, 0.05) is 12.8 Å². The molecule has 0 aliphatic carbocycles. The highest BCUT2D eigenvalue weighted by atomic mass is 16.5. The molecule has 79 heavy (non-hydrogen) atoms. The summed E-state index contributed by atoms with van der Waals surface area (Å²) in [6.07, 6.45) is 87.9. The van der Waals surface area contributed by atoms with Crippen LogP contribution in [0.5, 0.6) is 0 Å². The molecule has 0 spiro atoms. The minimum absolute atomic E-state index is 0.0137. The van der Waals surface area contributed by atoms with Crippen LogP contribution in [0.3, 0.4) is 0 Å². The maximum atomic E-state index is 12.5. The van der Waals surface area contributed by atoms with Crippen LogP contribution < -0.4 is 5.32 Å². The normalized spacial score (nSPS) is 12.7. The highest BCUT2D eigenvalue weighted by Crippen LogP contribution is 2.18. The van der Waals surface area contributed by atoms with Crippen molar-refractivity contribution < 1.29 is 24.5 Å². The van der Waals surface area contributed by atoms with Crippen molar-refractivity contribution in [3.63, 3.8) is 0 Å². The lowest BCUT2D eigenvalue weighted by molar-refractivity contribution is -0.143. The standard InChI is InChI=1S/C73H139NO5/c1-3-5-7-9-11-13-15-17-19-20-21-31-34-38-41-45-49-53-57-61-65-71(76)70(69-75)74-72(77)66-62-58-54-50-46-42-39-35-32-29-27-25-23-22-24-26-28-30-33-36-40-44-48-52-56-60-64-68-79-73(78)67-63-59-55-51-47-43-37-18-16-14-12-10-8-6-4-2/h22-23,26,28,61,65,70-71,75-76H,3-21,24-25,27,29-60,62-64,66-69H2,1-2H3,(H,74,77)/b23-22-,28-26-,65-61+. The summed E-state index contributed by atoms with van der Waals surface area (Å²) in [4.78, 5) is 24.6. The SMILES string of the molecule is CCCCCCCCCCCCCCCCCCCC/C=C/C(O)C(CO)NC(=O)CCCCCCCCCCCCC/C=C\C/C=C\CCCCCCCCCCCOC(=O)CCCCCCCCCCCCCCCCC. The summed E-state index contributed by atoms with van der Waals surface area (Å²) < 4.78 is 5.49. The number of ether oxygens (including phenoxy) is 1. The van der Waals surface area contributed by atoms with Crippen molar-refractivity contribution in [2.24, 2.45) is 0 Å². The van der Waals surface area contributed by atoms with E-state index in [0.717, 1.165) is 44.9 Å². The van der Waals surface area contributed by atoms with Crippen molar-refractivity contribution in [1.29, 1.82) is 0 Å². The van der Waals surface area contributed by atoms with Gasteiger partial charge in [0.05, 0.1) is 25.4 Å². The van der Waals surface area contributed by atoms with Gasteiger partial charge in [-0.15, -0.1) is 0 Å². The van der Waals surface area contributed by atoms with E-state index in [2.05, 4.69) is 43.5 Å². The minimum Gasteiger partial charge on any atom is -0.466 e. The van der Waals surface area contributed by atoms with E-state index in [-0.39, 0.29) is 18.5 Å². The zero-order valence-electron chi connectivity index (χ0n) is 53.4. The highest BCUT2D eigenvalue weighted by molar-refractivity contribution is 5.76. The Labute approximate surface area is 494 Å². The van der Waals surface area contributed by atoms with Gasteiger partial charge in [-0.1, -0.05) is 352 Å². The number of esters is 1. The lowest BCUT2D eigenvalue weighted by Crippen LogP contribution is -2.45. The second kappa shape index (κ2) is 68.6. The monoisotopic (exact) mass is 1110 g/mol. The number of carbonyl (C=O) groups is 2. The number of hydrogen-bond donors (Lipinski definition) is 3. The number of hydrogen-bond acceptors (Lipinski definition) is 5. The molecule has 2 unspecified atom stereocenters. The van der Waals surface area contributed by atoms with Crippen LogP contribution in [-0.2, 0) is 14.3 Å². The van der Waals surface area contributed by atoms with E-state index in [1.165, 1.54) is 321 Å². The molecule has 0 rings (SSSR count). The largest absolute Gasteiger partial charge is 0.466 e. The van der Waals surface area contributed by atoms with Crippen molar-refractivity contribution in [2.45, 2.75) is 405 Å². The first kappa shape index (κ1) is 77.1. The highest BCUT2D eigenvalue weighted by Gasteiger charge is 2.18. The number of allylic oxidation sites excluding steroid dienone is 5. The number of unbranched alkanes of at least 4 members (excludes halogenated alkanes) is 52. The van der Waals surface area contributed by atoms with Gasteiger partial charge < -0.3 is 20.3 Å². The van der Waals surface area contributed by atoms with Crippen molar-refractivity contribution >= 4 is 11.9 Å². The minimum atomic E-state index is -0.848. The van der Waals surface area contributed by atoms with Crippen LogP contribution in [0.2, 0.25) is 0 Å². The van der Waals surface area contributed by atoms with Crippen molar-refractivity contribution in [3.8, 4) is 0 Å². The van der Waals surface area contributed by atoms with Crippen LogP contribution in [0.15, 0.2) is 36.5 Å². The first-order chi connectivity index (χ1) is 39.0. The number of carbonyl (C=O) groups excluding carboxylic acids is 2. The van der Waals surface area contributed by atoms with Crippen LogP contribution >= 0.6 is 0 Å². The van der Waals surface area contributed by atoms with E-state index in [1.807, 2.05) is 6.08 Å². The number of aliphatic hydroxyl groups is 2. The Morgan fingerprint density at radius 1 is 0.354 bits per heavy atom. The quantitative estimate of drug-likeness (QED) is 0.0320. The van der Waals surface area contributed by atoms with Gasteiger partial charge in [0.25, 0.3) is 0 Å². The van der Waals surface area contributed by atoms with E-state index in [0.29, 0.717) is 19.4 Å². The zero-order chi connectivity index (χ0) is 57.1. The van der Waals surface area contributed by atoms with E-state index in [9.17, 15) is 19.8 Å². The van der Waals surface area contributed by atoms with Crippen molar-refractivity contribution in [1.82, 2.24) is 5.32 Å². The zero-order valence-corrected chi connectivity index (χ0v) is 53.4. The summed E-state index contributed by atoms with van der Waals surface area (Å²) in [5, 5.41) is 23.2. The maximum absolute atomic E-state index is 12.5. The topological polar surface area (TPSA) is 95.9 Å². The molecule has 2 atom stereocenters. The molecule has 0 aliphatic rings. The average molecular weight is 1110 g/mol. The fourth-order valence-corrected chi connectivity index (χ4v) is 11.2. The molecule has 0 radical (unpaired) electrons. The van der Waals surface area contributed by atoms with Gasteiger partial charge in [0.1, 0.15) is 0 Å². The molecular formula is C73H139NO5. The van der Waals surface area contributed by atoms with Crippen LogP contribution in [0.25, 0.3) is 0 Å². The summed E-state index contributed by atoms with van der Waals surface area (Å²) in [5.41, 5.74) is 0. The summed E-state index contributed by atoms with van der Waals surface area (Å²) in [7, 11) is 0. The molecule has 0 aromatic heterocycles. The number of nitrogens with one attached hydrogen (secondary N) is 1. The Hall–Kier alpha value is -1.92. The van der Waals surface area contributed by atoms with E-state index < -0.39 is 12.1 Å². The third-order valence-corrected chi connectivity index (χ3v) is 16.7. The third-order valence-electron chi connectivity index (χ3n) is 16.7. The molecule has 0 heterocycles. The Balaban J connectivity index is 3.43. The van der Waals surface area contributed by atoms with Crippen LogP contribution in [0, 0.1) is 0 Å². The Bertz CT molecular complexity index is 1280. The number of amides is 1. The number of aliphatic hydroxyl groups excluding tert-OH is 2. The van der Waals surface area contributed by atoms with Gasteiger partial charge in [-0.25, -0.2) is 0 Å². The fraction of sp³-hybridized carbons (Fsp3) is 0.890. The molecule has 0 aromatic carbocycles. The van der Waals surface area contributed by atoms with Gasteiger partial charge in [0.15, 0.2) is 0 Å². The molecule has 0 fully saturated rings. The summed E-state index contributed by atoms with van der Waals surface area (Å²) in [6.45, 7) is 4.94. The van der Waals surface area contributed by atoms with E-state index in [1.54, 1.807) is 6.08 Å². The van der Waals surface area contributed by atoms with Gasteiger partial charge in [0.2, 0.25) is 5.91 Å². The molecule has 1 amide bonds. The lowest BCUT2D eigenvalue weighted by atomic mass is 10.0. The van der Waals surface area contributed by atoms with E-state index >= 15 is 0 Å². The molecule has 6 heteroatoms. The third kappa shape index (κ3) is 65.1. The van der Waals surface area contributed by atoms with Crippen molar-refractivity contribution in [3.05, 3.63) is 36.5 Å². The van der Waals surface area contributed by atoms with Crippen LogP contribution in [0.1, 0.15) is 393 Å². The van der Waals surface area contributed by atoms with Gasteiger partial charge in [-0.3, -0.25) is 9.59 Å². The summed E-state index contributed by atoms with van der Waals surface area (Å²) in [5.74, 6) is -0.0541. The predicted molar refractivity (Wildman–Crippen MR) is 347 cm³/mol. The molecule has 0 aromatic rings. The van der Waals surface area contributed by atoms with Gasteiger partial charge in [-0.05, 0) is 64.2 Å². The molecular weight excluding hydrogens is 971 g/mol. The smallest absolute Gasteiger partial charge is 0.305 e. The Kier molecular flexibility index (Phi) is 66.9. The van der Waals surface area contributed by atoms with Crippen LogP contribution in [-0.4, -0.2) is 47.4 Å². The molecule has 6 nitrogen and oxygen atoms in total. The molecule has 0 aliphatic heterocycles.